The van der Waals surface area contributed by atoms with Crippen LogP contribution in [-0.4, -0.2) is 53.7 Å². The molecule has 0 spiro atoms. The lowest BCUT2D eigenvalue weighted by atomic mass is 10.0. The zero-order chi connectivity index (χ0) is 28.5. The Morgan fingerprint density at radius 3 is 2.48 bits per heavy atom. The number of amides is 3. The molecule has 0 saturated carbocycles. The Bertz CT molecular complexity index is 1330. The Morgan fingerprint density at radius 1 is 0.950 bits per heavy atom. The van der Waals surface area contributed by atoms with Crippen LogP contribution in [-0.2, 0) is 32.0 Å². The number of ketones is 1. The maximum atomic E-state index is 12.9. The van der Waals surface area contributed by atoms with Crippen molar-refractivity contribution in [3.63, 3.8) is 0 Å². The summed E-state index contributed by atoms with van der Waals surface area (Å²) < 4.78 is 5.74. The molecule has 0 fully saturated rings. The van der Waals surface area contributed by atoms with E-state index in [1.807, 2.05) is 80.6 Å². The van der Waals surface area contributed by atoms with Crippen LogP contribution in [0.2, 0.25) is 0 Å². The van der Waals surface area contributed by atoms with Crippen molar-refractivity contribution in [1.82, 2.24) is 20.9 Å². The van der Waals surface area contributed by atoms with Crippen molar-refractivity contribution in [2.75, 3.05) is 13.1 Å². The van der Waals surface area contributed by atoms with Gasteiger partial charge in [0, 0.05) is 18.2 Å². The highest BCUT2D eigenvalue weighted by Gasteiger charge is 2.32. The first kappa shape index (κ1) is 28.5. The lowest BCUT2D eigenvalue weighted by molar-refractivity contribution is -0.133. The molecular formula is C31H34N4O5. The molecule has 9 nitrogen and oxygen atoms in total. The van der Waals surface area contributed by atoms with Gasteiger partial charge in [-0.3, -0.25) is 24.2 Å². The predicted octanol–water partition coefficient (Wildman–Crippen LogP) is 2.63. The summed E-state index contributed by atoms with van der Waals surface area (Å²) in [7, 11) is 0. The molecule has 3 amide bonds. The van der Waals surface area contributed by atoms with Gasteiger partial charge in [-0.1, -0.05) is 56.3 Å². The van der Waals surface area contributed by atoms with Crippen molar-refractivity contribution in [2.45, 2.75) is 45.3 Å². The number of carbonyl (C=O) groups is 4. The largest absolute Gasteiger partial charge is 0.480 e. The number of pyridine rings is 1. The minimum atomic E-state index is -0.811. The van der Waals surface area contributed by atoms with Crippen molar-refractivity contribution < 1.29 is 23.9 Å². The molecule has 2 aromatic carbocycles. The number of hydrogen-bond acceptors (Lipinski definition) is 6. The van der Waals surface area contributed by atoms with Gasteiger partial charge in [-0.15, -0.1) is 0 Å². The number of aromatic nitrogens is 1. The summed E-state index contributed by atoms with van der Waals surface area (Å²) in [6.45, 7) is 3.42. The Hall–Kier alpha value is -4.53. The van der Waals surface area contributed by atoms with E-state index in [4.69, 9.17) is 4.74 Å². The molecule has 4 rings (SSSR count). The smallest absolute Gasteiger partial charge is 0.262 e. The second-order valence-electron chi connectivity index (χ2n) is 10.2. The van der Waals surface area contributed by atoms with Gasteiger partial charge in [0.25, 0.3) is 5.91 Å². The zero-order valence-electron chi connectivity index (χ0n) is 22.7. The second-order valence-corrected chi connectivity index (χ2v) is 10.2. The number of hydrogen-bond donors (Lipinski definition) is 3. The minimum Gasteiger partial charge on any atom is -0.480 e. The summed E-state index contributed by atoms with van der Waals surface area (Å²) in [5.74, 6) is -0.690. The standard InChI is InChI=1S/C31H34N4O5/c1-20(2)14-26(35-31(39)28-17-23-9-3-4-12-27(23)40-28)30(38)34-19-24(36)18-33-29(37)16-21-8-7-10-22(15-21)25-11-5-6-13-32-25/h3-13,15,20,26,28H,14,16-19H2,1-2H3,(H,33,37)(H,34,38)(H,35,39)/t26-,28?/m0/s1. The van der Waals surface area contributed by atoms with E-state index in [1.54, 1.807) is 6.20 Å². The average Bonchev–Trinajstić information content (AvgIpc) is 3.39. The van der Waals surface area contributed by atoms with Gasteiger partial charge in [0.05, 0.1) is 25.2 Å². The number of carbonyl (C=O) groups excluding carboxylic acids is 4. The maximum absolute atomic E-state index is 12.9. The molecule has 2 atom stereocenters. The molecule has 1 unspecified atom stereocenters. The Kier molecular flexibility index (Phi) is 9.62. The van der Waals surface area contributed by atoms with E-state index in [9.17, 15) is 19.2 Å². The number of para-hydroxylation sites is 1. The fraction of sp³-hybridized carbons (Fsp3) is 0.323. The van der Waals surface area contributed by atoms with Crippen LogP contribution >= 0.6 is 0 Å². The third-order valence-electron chi connectivity index (χ3n) is 6.47. The molecule has 0 saturated heterocycles. The lowest BCUT2D eigenvalue weighted by Crippen LogP contribution is -2.52. The second kappa shape index (κ2) is 13.5. The van der Waals surface area contributed by atoms with Crippen LogP contribution in [0, 0.1) is 5.92 Å². The van der Waals surface area contributed by atoms with Crippen LogP contribution in [0.5, 0.6) is 5.75 Å². The summed E-state index contributed by atoms with van der Waals surface area (Å²) in [4.78, 5) is 54.9. The number of rotatable bonds is 12. The summed E-state index contributed by atoms with van der Waals surface area (Å²) in [5.41, 5.74) is 3.45. The Labute approximate surface area is 233 Å². The van der Waals surface area contributed by atoms with Crippen molar-refractivity contribution >= 4 is 23.5 Å². The first-order valence-corrected chi connectivity index (χ1v) is 13.4. The molecule has 40 heavy (non-hydrogen) atoms. The van der Waals surface area contributed by atoms with Crippen molar-refractivity contribution in [3.8, 4) is 17.0 Å². The molecule has 0 bridgehead atoms. The average molecular weight is 543 g/mol. The molecular weight excluding hydrogens is 508 g/mol. The SMILES string of the molecule is CC(C)C[C@H](NC(=O)C1Cc2ccccc2O1)C(=O)NCC(=O)CNC(=O)Cc1cccc(-c2ccccn2)c1. The first-order chi connectivity index (χ1) is 19.3. The van der Waals surface area contributed by atoms with Gasteiger partial charge in [0.15, 0.2) is 11.9 Å². The predicted molar refractivity (Wildman–Crippen MR) is 150 cm³/mol. The van der Waals surface area contributed by atoms with Crippen molar-refractivity contribution in [3.05, 3.63) is 84.1 Å². The monoisotopic (exact) mass is 542 g/mol. The lowest BCUT2D eigenvalue weighted by Gasteiger charge is -2.21. The maximum Gasteiger partial charge on any atom is 0.262 e. The molecule has 3 N–H and O–H groups in total. The highest BCUT2D eigenvalue weighted by Crippen LogP contribution is 2.28. The number of benzene rings is 2. The van der Waals surface area contributed by atoms with E-state index in [2.05, 4.69) is 20.9 Å². The van der Waals surface area contributed by atoms with Crippen LogP contribution in [0.3, 0.4) is 0 Å². The van der Waals surface area contributed by atoms with Gasteiger partial charge in [0.2, 0.25) is 11.8 Å². The molecule has 3 aromatic rings. The molecule has 0 radical (unpaired) electrons. The van der Waals surface area contributed by atoms with Gasteiger partial charge in [-0.2, -0.15) is 0 Å². The van der Waals surface area contributed by atoms with Crippen LogP contribution < -0.4 is 20.7 Å². The minimum absolute atomic E-state index is 0.107. The molecule has 1 aliphatic rings. The van der Waals surface area contributed by atoms with E-state index in [1.165, 1.54) is 0 Å². The fourth-order valence-corrected chi connectivity index (χ4v) is 4.49. The summed E-state index contributed by atoms with van der Waals surface area (Å²) >= 11 is 0. The third kappa shape index (κ3) is 7.99. The topological polar surface area (TPSA) is 126 Å². The van der Waals surface area contributed by atoms with Gasteiger partial charge in [-0.25, -0.2) is 0 Å². The van der Waals surface area contributed by atoms with Gasteiger partial charge in [-0.05, 0) is 47.7 Å². The van der Waals surface area contributed by atoms with E-state index in [-0.39, 0.29) is 43.0 Å². The van der Waals surface area contributed by atoms with E-state index >= 15 is 0 Å². The van der Waals surface area contributed by atoms with Gasteiger partial charge >= 0.3 is 0 Å². The fourth-order valence-electron chi connectivity index (χ4n) is 4.49. The van der Waals surface area contributed by atoms with E-state index < -0.39 is 18.1 Å². The zero-order valence-corrected chi connectivity index (χ0v) is 22.7. The highest BCUT2D eigenvalue weighted by atomic mass is 16.5. The van der Waals surface area contributed by atoms with Crippen LogP contribution in [0.1, 0.15) is 31.4 Å². The first-order valence-electron chi connectivity index (χ1n) is 13.4. The summed E-state index contributed by atoms with van der Waals surface area (Å²) in [6, 6.07) is 19.8. The third-order valence-corrected chi connectivity index (χ3v) is 6.47. The molecule has 208 valence electrons. The van der Waals surface area contributed by atoms with Crippen molar-refractivity contribution in [2.24, 2.45) is 5.92 Å². The summed E-state index contributed by atoms with van der Waals surface area (Å²) in [5, 5.41) is 7.99. The molecule has 2 heterocycles. The van der Waals surface area contributed by atoms with E-state index in [0.29, 0.717) is 18.6 Å². The number of ether oxygens (including phenoxy) is 1. The number of fused-ring (bicyclic) bond motifs is 1. The van der Waals surface area contributed by atoms with Crippen LogP contribution in [0.15, 0.2) is 72.9 Å². The van der Waals surface area contributed by atoms with Crippen LogP contribution in [0.4, 0.5) is 0 Å². The van der Waals surface area contributed by atoms with Crippen LogP contribution in [0.25, 0.3) is 11.3 Å². The quantitative estimate of drug-likeness (QED) is 0.323. The summed E-state index contributed by atoms with van der Waals surface area (Å²) in [6.07, 6.45) is 1.95. The molecule has 9 heteroatoms. The van der Waals surface area contributed by atoms with Gasteiger partial charge in [0.1, 0.15) is 11.8 Å². The molecule has 1 aromatic heterocycles. The Balaban J connectivity index is 1.22. The van der Waals surface area contributed by atoms with Crippen molar-refractivity contribution in [1.29, 1.82) is 0 Å². The molecule has 1 aliphatic heterocycles. The normalized spacial score (nSPS) is 14.5. The Morgan fingerprint density at radius 2 is 1.73 bits per heavy atom. The molecule has 0 aliphatic carbocycles. The number of nitrogens with one attached hydrogen (secondary N) is 3. The highest BCUT2D eigenvalue weighted by molar-refractivity contribution is 5.94. The van der Waals surface area contributed by atoms with Gasteiger partial charge < -0.3 is 20.7 Å². The number of nitrogens with zero attached hydrogens (tertiary/aromatic N) is 1. The number of Topliss-reactive ketones (excluding diaryl/α,β-unsaturated/α-hetero) is 1. The van der Waals surface area contributed by atoms with E-state index in [0.717, 1.165) is 22.4 Å².